The average molecular weight is 321 g/mol. The SMILES string of the molecule is C.Cc1ccc[n+](O)c1N=Nc1ccc(Nc2ccccc2)cc1. The molecule has 122 valence electrons. The van der Waals surface area contributed by atoms with Gasteiger partial charge in [-0.2, -0.15) is 0 Å². The van der Waals surface area contributed by atoms with E-state index in [-0.39, 0.29) is 7.43 Å². The van der Waals surface area contributed by atoms with Crippen LogP contribution in [0, 0.1) is 6.92 Å². The van der Waals surface area contributed by atoms with E-state index in [9.17, 15) is 5.21 Å². The van der Waals surface area contributed by atoms with E-state index in [0.29, 0.717) is 11.5 Å². The zero-order valence-corrected chi connectivity index (χ0v) is 12.7. The Morgan fingerprint density at radius 2 is 1.50 bits per heavy atom. The third-order valence-electron chi connectivity index (χ3n) is 3.33. The van der Waals surface area contributed by atoms with Gasteiger partial charge >= 0.3 is 5.82 Å². The summed E-state index contributed by atoms with van der Waals surface area (Å²) in [4.78, 5) is 0. The first-order valence-corrected chi connectivity index (χ1v) is 7.27. The van der Waals surface area contributed by atoms with E-state index < -0.39 is 0 Å². The summed E-state index contributed by atoms with van der Waals surface area (Å²) in [6, 6.07) is 21.2. The average Bonchev–Trinajstić information content (AvgIpc) is 2.57. The molecule has 1 aromatic heterocycles. The number of rotatable bonds is 4. The van der Waals surface area contributed by atoms with Crippen molar-refractivity contribution in [2.75, 3.05) is 5.32 Å². The van der Waals surface area contributed by atoms with Gasteiger partial charge in [0.25, 0.3) is 0 Å². The molecule has 0 radical (unpaired) electrons. The second-order valence-corrected chi connectivity index (χ2v) is 5.10. The second kappa shape index (κ2) is 7.87. The maximum absolute atomic E-state index is 9.73. The smallest absolute Gasteiger partial charge is 0.356 e. The van der Waals surface area contributed by atoms with Gasteiger partial charge in [-0.1, -0.05) is 25.6 Å². The number of nitrogens with one attached hydrogen (secondary N) is 1. The Balaban J connectivity index is 0.00000208. The number of nitrogens with zero attached hydrogens (tertiary/aromatic N) is 3. The zero-order valence-electron chi connectivity index (χ0n) is 12.7. The van der Waals surface area contributed by atoms with Crippen molar-refractivity contribution in [2.24, 2.45) is 10.2 Å². The minimum Gasteiger partial charge on any atom is -0.356 e. The van der Waals surface area contributed by atoms with Gasteiger partial charge in [0.1, 0.15) is 11.9 Å². The van der Waals surface area contributed by atoms with Crippen LogP contribution in [0.25, 0.3) is 0 Å². The molecule has 5 nitrogen and oxygen atoms in total. The van der Waals surface area contributed by atoms with Crippen LogP contribution in [-0.4, -0.2) is 5.21 Å². The number of anilines is 2. The number of hydrogen-bond donors (Lipinski definition) is 2. The third-order valence-corrected chi connectivity index (χ3v) is 3.33. The first-order valence-electron chi connectivity index (χ1n) is 7.27. The summed E-state index contributed by atoms with van der Waals surface area (Å²) in [5.74, 6) is 0.416. The van der Waals surface area contributed by atoms with Crippen molar-refractivity contribution >= 4 is 22.9 Å². The van der Waals surface area contributed by atoms with Crippen LogP contribution >= 0.6 is 0 Å². The van der Waals surface area contributed by atoms with E-state index in [4.69, 9.17) is 0 Å². The monoisotopic (exact) mass is 321 g/mol. The van der Waals surface area contributed by atoms with Crippen molar-refractivity contribution in [3.8, 4) is 0 Å². The lowest BCUT2D eigenvalue weighted by atomic mass is 10.2. The fourth-order valence-electron chi connectivity index (χ4n) is 2.12. The molecule has 0 fully saturated rings. The zero-order chi connectivity index (χ0) is 16.1. The van der Waals surface area contributed by atoms with Gasteiger partial charge in [0.2, 0.25) is 0 Å². The predicted molar refractivity (Wildman–Crippen MR) is 95.6 cm³/mol. The molecular formula is C19H21N4O+. The summed E-state index contributed by atoms with van der Waals surface area (Å²) in [6.45, 7) is 1.87. The lowest BCUT2D eigenvalue weighted by Gasteiger charge is -2.05. The van der Waals surface area contributed by atoms with Crippen molar-refractivity contribution < 1.29 is 9.94 Å². The molecule has 5 heteroatoms. The normalized spacial score (nSPS) is 10.4. The van der Waals surface area contributed by atoms with Crippen LogP contribution in [0.4, 0.5) is 22.9 Å². The number of aryl methyl sites for hydroxylation is 1. The molecule has 24 heavy (non-hydrogen) atoms. The fraction of sp³-hybridized carbons (Fsp3) is 0.105. The van der Waals surface area contributed by atoms with Gasteiger partial charge in [0.05, 0.1) is 5.11 Å². The molecule has 0 bridgehead atoms. The van der Waals surface area contributed by atoms with Crippen molar-refractivity contribution in [3.63, 3.8) is 0 Å². The lowest BCUT2D eigenvalue weighted by molar-refractivity contribution is -0.894. The van der Waals surface area contributed by atoms with Crippen molar-refractivity contribution in [1.29, 1.82) is 0 Å². The Morgan fingerprint density at radius 3 is 2.17 bits per heavy atom. The molecule has 0 aliphatic heterocycles. The molecule has 0 amide bonds. The molecular weight excluding hydrogens is 300 g/mol. The molecule has 0 aliphatic rings. The summed E-state index contributed by atoms with van der Waals surface area (Å²) in [5.41, 5.74) is 3.57. The summed E-state index contributed by atoms with van der Waals surface area (Å²) < 4.78 is 0.962. The van der Waals surface area contributed by atoms with Crippen LogP contribution in [0.2, 0.25) is 0 Å². The standard InChI is InChI=1S/C18H16N4O.CH4/c1-14-6-5-13-22(23)18(14)21-20-17-11-9-16(10-12-17)19-15-7-3-2-4-8-15;/h2-13,23H,1H3;1H4/p+1. The van der Waals surface area contributed by atoms with Crippen molar-refractivity contribution in [1.82, 2.24) is 0 Å². The number of aromatic nitrogens is 1. The molecule has 3 rings (SSSR count). The highest BCUT2D eigenvalue weighted by Gasteiger charge is 2.12. The van der Waals surface area contributed by atoms with Crippen LogP contribution in [-0.2, 0) is 0 Å². The van der Waals surface area contributed by atoms with E-state index in [0.717, 1.165) is 21.7 Å². The van der Waals surface area contributed by atoms with Crippen LogP contribution in [0.1, 0.15) is 13.0 Å². The molecule has 0 unspecified atom stereocenters. The van der Waals surface area contributed by atoms with Crippen LogP contribution in [0.5, 0.6) is 0 Å². The van der Waals surface area contributed by atoms with Crippen LogP contribution in [0.3, 0.4) is 0 Å². The van der Waals surface area contributed by atoms with Gasteiger partial charge in [-0.25, -0.2) is 0 Å². The number of para-hydroxylation sites is 1. The summed E-state index contributed by atoms with van der Waals surface area (Å²) in [6.07, 6.45) is 1.52. The van der Waals surface area contributed by atoms with E-state index in [1.165, 1.54) is 6.20 Å². The molecule has 3 aromatic rings. The number of benzene rings is 2. The van der Waals surface area contributed by atoms with E-state index in [1.54, 1.807) is 6.07 Å². The summed E-state index contributed by atoms with van der Waals surface area (Å²) in [5, 5.41) is 21.3. The number of azo groups is 1. The lowest BCUT2D eigenvalue weighted by Crippen LogP contribution is -2.29. The molecule has 0 saturated heterocycles. The Kier molecular flexibility index (Phi) is 5.63. The van der Waals surface area contributed by atoms with Crippen molar-refractivity contribution in [3.05, 3.63) is 78.5 Å². The van der Waals surface area contributed by atoms with Gasteiger partial charge < -0.3 is 10.5 Å². The molecule has 0 spiro atoms. The second-order valence-electron chi connectivity index (χ2n) is 5.10. The van der Waals surface area contributed by atoms with Gasteiger partial charge in [-0.05, 0) is 65.3 Å². The van der Waals surface area contributed by atoms with E-state index in [2.05, 4.69) is 15.5 Å². The van der Waals surface area contributed by atoms with Gasteiger partial charge in [0.15, 0.2) is 0 Å². The summed E-state index contributed by atoms with van der Waals surface area (Å²) in [7, 11) is 0. The van der Waals surface area contributed by atoms with Gasteiger partial charge in [0, 0.05) is 16.9 Å². The third kappa shape index (κ3) is 4.16. The minimum atomic E-state index is 0. The number of pyridine rings is 1. The van der Waals surface area contributed by atoms with Crippen molar-refractivity contribution in [2.45, 2.75) is 14.4 Å². The van der Waals surface area contributed by atoms with Gasteiger partial charge in [-0.3, -0.25) is 0 Å². The summed E-state index contributed by atoms with van der Waals surface area (Å²) >= 11 is 0. The molecule has 0 saturated carbocycles. The molecule has 0 atom stereocenters. The van der Waals surface area contributed by atoms with E-state index in [1.807, 2.05) is 67.6 Å². The highest BCUT2D eigenvalue weighted by molar-refractivity contribution is 5.61. The Bertz CT molecular complexity index is 794. The van der Waals surface area contributed by atoms with Gasteiger partial charge in [-0.15, -0.1) is 0 Å². The molecule has 2 aromatic carbocycles. The molecule has 1 heterocycles. The molecule has 0 aliphatic carbocycles. The Hall–Kier alpha value is -3.21. The Morgan fingerprint density at radius 1 is 0.833 bits per heavy atom. The quantitative estimate of drug-likeness (QED) is 0.388. The van der Waals surface area contributed by atoms with E-state index >= 15 is 0 Å². The maximum atomic E-state index is 9.73. The first-order chi connectivity index (χ1) is 11.2. The highest BCUT2D eigenvalue weighted by Crippen LogP contribution is 2.22. The maximum Gasteiger partial charge on any atom is 0.391 e. The fourth-order valence-corrected chi connectivity index (χ4v) is 2.12. The number of hydrogen-bond acceptors (Lipinski definition) is 4. The van der Waals surface area contributed by atoms with Crippen LogP contribution in [0.15, 0.2) is 83.2 Å². The van der Waals surface area contributed by atoms with Crippen LogP contribution < -0.4 is 10.0 Å². The molecule has 2 N–H and O–H groups in total. The first kappa shape index (κ1) is 17.1. The topological polar surface area (TPSA) is 60.9 Å². The largest absolute Gasteiger partial charge is 0.391 e. The predicted octanol–water partition coefficient (Wildman–Crippen LogP) is 5.31. The Labute approximate surface area is 141 Å². The highest BCUT2D eigenvalue weighted by atomic mass is 16.5. The minimum absolute atomic E-state index is 0.